The normalized spacial score (nSPS) is 13.8. The van der Waals surface area contributed by atoms with Crippen LogP contribution in [0.5, 0.6) is 0 Å². The number of rotatable bonds is 5. The third-order valence-electron chi connectivity index (χ3n) is 5.92. The van der Waals surface area contributed by atoms with Crippen molar-refractivity contribution >= 4 is 33.5 Å². The van der Waals surface area contributed by atoms with Crippen LogP contribution in [0.4, 0.5) is 5.13 Å². The molecule has 1 N–H and O–H groups in total. The first-order valence-electron chi connectivity index (χ1n) is 11.0. The van der Waals surface area contributed by atoms with Crippen LogP contribution < -0.4 is 5.32 Å². The van der Waals surface area contributed by atoms with Crippen molar-refractivity contribution in [3.8, 4) is 11.5 Å². The number of anilines is 1. The van der Waals surface area contributed by atoms with Gasteiger partial charge in [-0.2, -0.15) is 0 Å². The Bertz CT molecular complexity index is 1470. The first-order chi connectivity index (χ1) is 16.6. The zero-order valence-electron chi connectivity index (χ0n) is 18.4. The third-order valence-corrected chi connectivity index (χ3v) is 6.91. The first kappa shape index (κ1) is 20.8. The summed E-state index contributed by atoms with van der Waals surface area (Å²) in [4.78, 5) is 26.1. The van der Waals surface area contributed by atoms with Crippen molar-refractivity contribution in [2.24, 2.45) is 0 Å². The number of aromatic nitrogens is 3. The molecule has 0 spiro atoms. The third kappa shape index (κ3) is 3.89. The summed E-state index contributed by atoms with van der Waals surface area (Å²) in [6, 6.07) is 15.7. The fraction of sp³-hybridized carbons (Fsp3) is 0.200. The number of fused-ring (bicyclic) bond motifs is 2. The molecule has 1 aromatic carbocycles. The minimum atomic E-state index is -0.279. The van der Waals surface area contributed by atoms with E-state index in [0.29, 0.717) is 38.9 Å². The lowest BCUT2D eigenvalue weighted by atomic mass is 10.1. The number of hydrogen-bond donors (Lipinski definition) is 1. The van der Waals surface area contributed by atoms with E-state index in [1.807, 2.05) is 6.07 Å². The zero-order valence-corrected chi connectivity index (χ0v) is 19.3. The highest BCUT2D eigenvalue weighted by atomic mass is 32.1. The number of hydrogen-bond acceptors (Lipinski definition) is 8. The molecule has 5 heterocycles. The summed E-state index contributed by atoms with van der Waals surface area (Å²) in [5.74, 6) is 0.270. The van der Waals surface area contributed by atoms with Gasteiger partial charge in [-0.3, -0.25) is 15.0 Å². The van der Waals surface area contributed by atoms with Crippen LogP contribution in [-0.4, -0.2) is 32.5 Å². The number of amides is 1. The SMILES string of the molecule is Cc1noc2nc(-c3ccco3)cc(C(=O)Nc3nc4c(s3)CN(Cc3ccccc3)CC4)c12. The van der Waals surface area contributed by atoms with Crippen LogP contribution in [0.1, 0.15) is 32.2 Å². The van der Waals surface area contributed by atoms with Crippen LogP contribution in [0.25, 0.3) is 22.6 Å². The van der Waals surface area contributed by atoms with E-state index in [0.717, 1.165) is 31.7 Å². The molecule has 1 aliphatic rings. The molecule has 8 nitrogen and oxygen atoms in total. The molecule has 0 radical (unpaired) electrons. The summed E-state index contributed by atoms with van der Waals surface area (Å²) in [6.45, 7) is 4.46. The van der Waals surface area contributed by atoms with Crippen LogP contribution in [0, 0.1) is 6.92 Å². The summed E-state index contributed by atoms with van der Waals surface area (Å²) >= 11 is 1.53. The Kier molecular flexibility index (Phi) is 5.20. The maximum atomic E-state index is 13.3. The number of nitrogens with zero attached hydrogens (tertiary/aromatic N) is 4. The second kappa shape index (κ2) is 8.51. The van der Waals surface area contributed by atoms with Crippen molar-refractivity contribution in [3.05, 3.63) is 82.2 Å². The minimum absolute atomic E-state index is 0.279. The summed E-state index contributed by atoms with van der Waals surface area (Å²) < 4.78 is 10.8. The number of pyridine rings is 1. The Morgan fingerprint density at radius 3 is 2.88 bits per heavy atom. The Morgan fingerprint density at radius 1 is 1.18 bits per heavy atom. The molecule has 0 saturated carbocycles. The average molecular weight is 472 g/mol. The standard InChI is InChI=1S/C25H21N5O3S/c1-15-22-17(12-19(20-8-5-11-32-20)26-24(22)33-29-15)23(31)28-25-27-18-9-10-30(14-21(18)34-25)13-16-6-3-2-4-7-16/h2-8,11-12H,9-10,13-14H2,1H3,(H,27,28,31). The van der Waals surface area contributed by atoms with Gasteiger partial charge in [0.15, 0.2) is 10.9 Å². The van der Waals surface area contributed by atoms with E-state index < -0.39 is 0 Å². The van der Waals surface area contributed by atoms with Crippen molar-refractivity contribution < 1.29 is 13.7 Å². The molecule has 1 aliphatic heterocycles. The van der Waals surface area contributed by atoms with Crippen LogP contribution in [0.2, 0.25) is 0 Å². The topological polar surface area (TPSA) is 97.3 Å². The largest absolute Gasteiger partial charge is 0.463 e. The fourth-order valence-corrected chi connectivity index (χ4v) is 5.31. The number of aryl methyl sites for hydroxylation is 1. The predicted molar refractivity (Wildman–Crippen MR) is 129 cm³/mol. The van der Waals surface area contributed by atoms with E-state index in [1.165, 1.54) is 21.8 Å². The maximum absolute atomic E-state index is 13.3. The smallest absolute Gasteiger partial charge is 0.259 e. The van der Waals surface area contributed by atoms with Gasteiger partial charge in [-0.05, 0) is 30.7 Å². The molecule has 0 atom stereocenters. The highest BCUT2D eigenvalue weighted by molar-refractivity contribution is 7.15. The Labute approximate surface area is 199 Å². The maximum Gasteiger partial charge on any atom is 0.259 e. The van der Waals surface area contributed by atoms with Gasteiger partial charge in [0.25, 0.3) is 11.6 Å². The van der Waals surface area contributed by atoms with Crippen LogP contribution in [0.15, 0.2) is 63.7 Å². The molecule has 1 amide bonds. The molecule has 0 aliphatic carbocycles. The number of benzene rings is 1. The van der Waals surface area contributed by atoms with Crippen molar-refractivity contribution in [3.63, 3.8) is 0 Å². The molecule has 34 heavy (non-hydrogen) atoms. The predicted octanol–water partition coefficient (Wildman–Crippen LogP) is 5.06. The van der Waals surface area contributed by atoms with Crippen molar-refractivity contribution in [1.29, 1.82) is 0 Å². The van der Waals surface area contributed by atoms with Crippen LogP contribution in [0.3, 0.4) is 0 Å². The molecule has 0 saturated heterocycles. The highest BCUT2D eigenvalue weighted by Gasteiger charge is 2.24. The van der Waals surface area contributed by atoms with Gasteiger partial charge in [-0.25, -0.2) is 9.97 Å². The fourth-order valence-electron chi connectivity index (χ4n) is 4.27. The molecular formula is C25H21N5O3S. The van der Waals surface area contributed by atoms with Gasteiger partial charge in [0.1, 0.15) is 5.69 Å². The lowest BCUT2D eigenvalue weighted by Crippen LogP contribution is -2.29. The number of thiazole rings is 1. The van der Waals surface area contributed by atoms with Crippen molar-refractivity contribution in [1.82, 2.24) is 20.0 Å². The zero-order chi connectivity index (χ0) is 23.1. The number of furan rings is 1. The Morgan fingerprint density at radius 2 is 2.06 bits per heavy atom. The first-order valence-corrected chi connectivity index (χ1v) is 11.8. The second-order valence-corrected chi connectivity index (χ2v) is 9.35. The quantitative estimate of drug-likeness (QED) is 0.383. The van der Waals surface area contributed by atoms with Gasteiger partial charge in [-0.15, -0.1) is 11.3 Å². The lowest BCUT2D eigenvalue weighted by molar-refractivity contribution is 0.102. The van der Waals surface area contributed by atoms with Crippen LogP contribution >= 0.6 is 11.3 Å². The van der Waals surface area contributed by atoms with Crippen LogP contribution in [-0.2, 0) is 19.5 Å². The van der Waals surface area contributed by atoms with Crippen molar-refractivity contribution in [2.45, 2.75) is 26.4 Å². The highest BCUT2D eigenvalue weighted by Crippen LogP contribution is 2.31. The molecular weight excluding hydrogens is 450 g/mol. The average Bonchev–Trinajstić information content (AvgIpc) is 3.59. The summed E-state index contributed by atoms with van der Waals surface area (Å²) in [6.07, 6.45) is 2.43. The molecule has 0 unspecified atom stereocenters. The summed E-state index contributed by atoms with van der Waals surface area (Å²) in [7, 11) is 0. The van der Waals surface area contributed by atoms with Crippen molar-refractivity contribution in [2.75, 3.05) is 11.9 Å². The molecule has 5 aromatic rings. The molecule has 6 rings (SSSR count). The van der Waals surface area contributed by atoms with Gasteiger partial charge in [0.05, 0.1) is 28.6 Å². The van der Waals surface area contributed by atoms with E-state index in [4.69, 9.17) is 13.9 Å². The monoisotopic (exact) mass is 471 g/mol. The summed E-state index contributed by atoms with van der Waals surface area (Å²) in [5, 5.41) is 8.16. The number of carbonyl (C=O) groups is 1. The molecule has 4 aromatic heterocycles. The Hall–Kier alpha value is -3.82. The van der Waals surface area contributed by atoms with E-state index >= 15 is 0 Å². The van der Waals surface area contributed by atoms with E-state index in [-0.39, 0.29) is 5.91 Å². The second-order valence-electron chi connectivity index (χ2n) is 8.27. The number of nitrogens with one attached hydrogen (secondary N) is 1. The van der Waals surface area contributed by atoms with Gasteiger partial charge in [-0.1, -0.05) is 35.5 Å². The molecule has 0 fully saturated rings. The lowest BCUT2D eigenvalue weighted by Gasteiger charge is -2.25. The molecule has 0 bridgehead atoms. The van der Waals surface area contributed by atoms with E-state index in [9.17, 15) is 4.79 Å². The molecule has 170 valence electrons. The van der Waals surface area contributed by atoms with Gasteiger partial charge >= 0.3 is 0 Å². The van der Waals surface area contributed by atoms with E-state index in [1.54, 1.807) is 31.4 Å². The Balaban J connectivity index is 1.25. The van der Waals surface area contributed by atoms with E-state index in [2.05, 4.69) is 44.6 Å². The van der Waals surface area contributed by atoms with Gasteiger partial charge < -0.3 is 8.94 Å². The molecule has 9 heteroatoms. The number of carbonyl (C=O) groups excluding carboxylic acids is 1. The van der Waals surface area contributed by atoms with Gasteiger partial charge in [0, 0.05) is 30.9 Å². The minimum Gasteiger partial charge on any atom is -0.463 e. The van der Waals surface area contributed by atoms with Gasteiger partial charge in [0.2, 0.25) is 0 Å². The summed E-state index contributed by atoms with van der Waals surface area (Å²) in [5.41, 5.74) is 4.19.